The van der Waals surface area contributed by atoms with Crippen LogP contribution in [-0.2, 0) is 11.3 Å². The van der Waals surface area contributed by atoms with Crippen molar-refractivity contribution >= 4 is 5.97 Å². The van der Waals surface area contributed by atoms with E-state index in [1.807, 2.05) is 35.9 Å². The van der Waals surface area contributed by atoms with E-state index in [9.17, 15) is 4.79 Å². The molecule has 2 aromatic heterocycles. The van der Waals surface area contributed by atoms with Crippen LogP contribution in [0.1, 0.15) is 34.2 Å². The van der Waals surface area contributed by atoms with Crippen molar-refractivity contribution in [3.05, 3.63) is 53.1 Å². The van der Waals surface area contributed by atoms with E-state index in [1.165, 1.54) is 0 Å². The van der Waals surface area contributed by atoms with Gasteiger partial charge in [-0.25, -0.2) is 9.78 Å². The van der Waals surface area contributed by atoms with Crippen LogP contribution in [0.2, 0.25) is 0 Å². The Labute approximate surface area is 117 Å². The zero-order valence-corrected chi connectivity index (χ0v) is 11.5. The molecule has 0 amide bonds. The fourth-order valence-electron chi connectivity index (χ4n) is 2.02. The van der Waals surface area contributed by atoms with Crippen LogP contribution in [-0.4, -0.2) is 22.1 Å². The van der Waals surface area contributed by atoms with Crippen LogP contribution < -0.4 is 0 Å². The summed E-state index contributed by atoms with van der Waals surface area (Å²) < 4.78 is 6.89. The second kappa shape index (κ2) is 6.02. The van der Waals surface area contributed by atoms with Crippen molar-refractivity contribution in [2.75, 3.05) is 6.61 Å². The standard InChI is InChI=1S/C15H15N3O2/c1-3-20-15(19)14-11(2)5-7-18(14)10-12-4-6-17-13(8-12)9-16/h4-8H,3,10H2,1-2H3. The molecule has 2 aromatic rings. The Kier molecular flexibility index (Phi) is 4.16. The fourth-order valence-corrected chi connectivity index (χ4v) is 2.02. The zero-order chi connectivity index (χ0) is 14.5. The summed E-state index contributed by atoms with van der Waals surface area (Å²) in [6.45, 7) is 4.50. The van der Waals surface area contributed by atoms with Gasteiger partial charge in [0.2, 0.25) is 0 Å². The number of nitriles is 1. The quantitative estimate of drug-likeness (QED) is 0.799. The number of hydrogen-bond donors (Lipinski definition) is 0. The maximum Gasteiger partial charge on any atom is 0.355 e. The number of aromatic nitrogens is 2. The van der Waals surface area contributed by atoms with Crippen molar-refractivity contribution in [1.29, 1.82) is 5.26 Å². The molecule has 0 fully saturated rings. The predicted octanol–water partition coefficient (Wildman–Crippen LogP) is 2.29. The Morgan fingerprint density at radius 3 is 3.00 bits per heavy atom. The predicted molar refractivity (Wildman–Crippen MR) is 73.2 cm³/mol. The maximum absolute atomic E-state index is 12.0. The first-order valence-electron chi connectivity index (χ1n) is 6.33. The average molecular weight is 269 g/mol. The third-order valence-corrected chi connectivity index (χ3v) is 2.93. The van der Waals surface area contributed by atoms with Crippen LogP contribution in [0.5, 0.6) is 0 Å². The van der Waals surface area contributed by atoms with Gasteiger partial charge in [-0.15, -0.1) is 0 Å². The summed E-state index contributed by atoms with van der Waals surface area (Å²) in [5, 5.41) is 8.85. The van der Waals surface area contributed by atoms with Crippen molar-refractivity contribution in [3.8, 4) is 6.07 Å². The van der Waals surface area contributed by atoms with Gasteiger partial charge >= 0.3 is 5.97 Å². The molecule has 0 atom stereocenters. The second-order valence-corrected chi connectivity index (χ2v) is 4.36. The smallest absolute Gasteiger partial charge is 0.355 e. The molecule has 0 saturated carbocycles. The molecule has 5 nitrogen and oxygen atoms in total. The van der Waals surface area contributed by atoms with Gasteiger partial charge in [0.15, 0.2) is 0 Å². The number of pyridine rings is 1. The van der Waals surface area contributed by atoms with E-state index < -0.39 is 0 Å². The Bertz CT molecular complexity index is 668. The molecule has 0 radical (unpaired) electrons. The number of esters is 1. The highest BCUT2D eigenvalue weighted by Crippen LogP contribution is 2.14. The average Bonchev–Trinajstić information content (AvgIpc) is 2.80. The Hall–Kier alpha value is -2.61. The van der Waals surface area contributed by atoms with Crippen LogP contribution in [0.4, 0.5) is 0 Å². The van der Waals surface area contributed by atoms with Gasteiger partial charge in [-0.05, 0) is 43.2 Å². The molecular weight excluding hydrogens is 254 g/mol. The Morgan fingerprint density at radius 2 is 2.30 bits per heavy atom. The number of hydrogen-bond acceptors (Lipinski definition) is 4. The van der Waals surface area contributed by atoms with Crippen molar-refractivity contribution in [3.63, 3.8) is 0 Å². The number of ether oxygens (including phenoxy) is 1. The second-order valence-electron chi connectivity index (χ2n) is 4.36. The first-order valence-corrected chi connectivity index (χ1v) is 6.33. The summed E-state index contributed by atoms with van der Waals surface area (Å²) >= 11 is 0. The Balaban J connectivity index is 2.30. The molecular formula is C15H15N3O2. The molecule has 0 aliphatic heterocycles. The molecule has 20 heavy (non-hydrogen) atoms. The molecule has 0 bridgehead atoms. The number of carbonyl (C=O) groups is 1. The van der Waals surface area contributed by atoms with Crippen LogP contribution >= 0.6 is 0 Å². The number of nitrogens with zero attached hydrogens (tertiary/aromatic N) is 3. The summed E-state index contributed by atoms with van der Waals surface area (Å²) in [6.07, 6.45) is 3.43. The summed E-state index contributed by atoms with van der Waals surface area (Å²) in [5.41, 5.74) is 2.70. The minimum absolute atomic E-state index is 0.329. The molecule has 2 heterocycles. The molecule has 0 N–H and O–H groups in total. The first-order chi connectivity index (χ1) is 9.65. The molecule has 2 rings (SSSR count). The summed E-state index contributed by atoms with van der Waals surface area (Å²) in [5.74, 6) is -0.329. The minimum Gasteiger partial charge on any atom is -0.461 e. The molecule has 0 saturated heterocycles. The van der Waals surface area contributed by atoms with Crippen molar-refractivity contribution < 1.29 is 9.53 Å². The molecule has 0 spiro atoms. The van der Waals surface area contributed by atoms with Gasteiger partial charge in [-0.3, -0.25) is 0 Å². The summed E-state index contributed by atoms with van der Waals surface area (Å²) in [7, 11) is 0. The van der Waals surface area contributed by atoms with E-state index >= 15 is 0 Å². The fraction of sp³-hybridized carbons (Fsp3) is 0.267. The highest BCUT2D eigenvalue weighted by molar-refractivity contribution is 5.89. The summed E-state index contributed by atoms with van der Waals surface area (Å²) in [4.78, 5) is 15.9. The highest BCUT2D eigenvalue weighted by atomic mass is 16.5. The molecule has 0 unspecified atom stereocenters. The molecule has 102 valence electrons. The normalized spacial score (nSPS) is 10.1. The van der Waals surface area contributed by atoms with Gasteiger partial charge in [0, 0.05) is 18.9 Å². The van der Waals surface area contributed by atoms with Gasteiger partial charge in [-0.2, -0.15) is 5.26 Å². The van der Waals surface area contributed by atoms with Gasteiger partial charge < -0.3 is 9.30 Å². The molecule has 0 aliphatic carbocycles. The molecule has 5 heteroatoms. The van der Waals surface area contributed by atoms with E-state index in [4.69, 9.17) is 10.00 Å². The number of rotatable bonds is 4. The topological polar surface area (TPSA) is 67.9 Å². The minimum atomic E-state index is -0.329. The van der Waals surface area contributed by atoms with Gasteiger partial charge in [-0.1, -0.05) is 0 Å². The van der Waals surface area contributed by atoms with E-state index in [1.54, 1.807) is 19.2 Å². The van der Waals surface area contributed by atoms with Crippen LogP contribution in [0, 0.1) is 18.3 Å². The lowest BCUT2D eigenvalue weighted by Crippen LogP contribution is -2.13. The van der Waals surface area contributed by atoms with Crippen molar-refractivity contribution in [1.82, 2.24) is 9.55 Å². The van der Waals surface area contributed by atoms with E-state index in [0.717, 1.165) is 11.1 Å². The number of carbonyl (C=O) groups excluding carboxylic acids is 1. The van der Waals surface area contributed by atoms with Crippen LogP contribution in [0.15, 0.2) is 30.6 Å². The van der Waals surface area contributed by atoms with E-state index in [2.05, 4.69) is 4.98 Å². The molecule has 0 aliphatic rings. The van der Waals surface area contributed by atoms with E-state index in [0.29, 0.717) is 24.5 Å². The third kappa shape index (κ3) is 2.86. The summed E-state index contributed by atoms with van der Waals surface area (Å²) in [6, 6.07) is 7.41. The number of aryl methyl sites for hydroxylation is 1. The first kappa shape index (κ1) is 13.8. The maximum atomic E-state index is 12.0. The lowest BCUT2D eigenvalue weighted by atomic mass is 10.2. The van der Waals surface area contributed by atoms with Crippen molar-refractivity contribution in [2.24, 2.45) is 0 Å². The lowest BCUT2D eigenvalue weighted by Gasteiger charge is -2.09. The molecule has 0 aromatic carbocycles. The van der Waals surface area contributed by atoms with Gasteiger partial charge in [0.1, 0.15) is 17.5 Å². The Morgan fingerprint density at radius 1 is 1.50 bits per heavy atom. The van der Waals surface area contributed by atoms with E-state index in [-0.39, 0.29) is 5.97 Å². The highest BCUT2D eigenvalue weighted by Gasteiger charge is 2.15. The lowest BCUT2D eigenvalue weighted by molar-refractivity contribution is 0.0513. The largest absolute Gasteiger partial charge is 0.461 e. The SMILES string of the molecule is CCOC(=O)c1c(C)ccn1Cc1ccnc(C#N)c1. The van der Waals surface area contributed by atoms with Crippen LogP contribution in [0.25, 0.3) is 0 Å². The van der Waals surface area contributed by atoms with Crippen molar-refractivity contribution in [2.45, 2.75) is 20.4 Å². The van der Waals surface area contributed by atoms with Crippen LogP contribution in [0.3, 0.4) is 0 Å². The third-order valence-electron chi connectivity index (χ3n) is 2.93. The van der Waals surface area contributed by atoms with Gasteiger partial charge in [0.25, 0.3) is 0 Å². The zero-order valence-electron chi connectivity index (χ0n) is 11.5. The monoisotopic (exact) mass is 269 g/mol. The van der Waals surface area contributed by atoms with Gasteiger partial charge in [0.05, 0.1) is 6.61 Å².